The lowest BCUT2D eigenvalue weighted by molar-refractivity contribution is -0.136. The maximum atomic E-state index is 13.0. The molecule has 1 atom stereocenters. The molecule has 9 heteroatoms. The molecule has 1 unspecified atom stereocenters. The minimum absolute atomic E-state index is 0.181. The van der Waals surface area contributed by atoms with Crippen molar-refractivity contribution in [2.45, 2.75) is 12.5 Å². The third-order valence-electron chi connectivity index (χ3n) is 5.17. The van der Waals surface area contributed by atoms with Gasteiger partial charge in [0, 0.05) is 17.5 Å². The zero-order valence-electron chi connectivity index (χ0n) is 18.0. The van der Waals surface area contributed by atoms with Gasteiger partial charge in [0.25, 0.3) is 5.91 Å². The number of esters is 1. The number of methoxy groups -OCH3 is 2. The van der Waals surface area contributed by atoms with Crippen molar-refractivity contribution < 1.29 is 28.2 Å². The predicted molar refractivity (Wildman–Crippen MR) is 121 cm³/mol. The van der Waals surface area contributed by atoms with Crippen molar-refractivity contribution in [3.05, 3.63) is 82.8 Å². The summed E-state index contributed by atoms with van der Waals surface area (Å²) in [5.74, 6) is 0.213. The van der Waals surface area contributed by atoms with Gasteiger partial charge in [0.1, 0.15) is 28.9 Å². The molecule has 1 aliphatic rings. The van der Waals surface area contributed by atoms with Gasteiger partial charge in [-0.25, -0.2) is 9.80 Å². The number of amides is 1. The van der Waals surface area contributed by atoms with Gasteiger partial charge in [0.2, 0.25) is 0 Å². The van der Waals surface area contributed by atoms with Crippen molar-refractivity contribution in [3.8, 4) is 11.5 Å². The number of furan rings is 1. The van der Waals surface area contributed by atoms with Crippen molar-refractivity contribution in [1.82, 2.24) is 5.01 Å². The molecule has 2 heterocycles. The number of carbonyl (C=O) groups is 2. The van der Waals surface area contributed by atoms with Gasteiger partial charge in [0.15, 0.2) is 6.61 Å². The van der Waals surface area contributed by atoms with E-state index >= 15 is 0 Å². The quantitative estimate of drug-likeness (QED) is 0.475. The van der Waals surface area contributed by atoms with E-state index in [0.29, 0.717) is 28.7 Å². The molecule has 0 radical (unpaired) electrons. The van der Waals surface area contributed by atoms with Crippen molar-refractivity contribution >= 4 is 29.2 Å². The second-order valence-electron chi connectivity index (χ2n) is 7.17. The first kappa shape index (κ1) is 22.4. The average Bonchev–Trinajstić information content (AvgIpc) is 3.52. The van der Waals surface area contributed by atoms with Gasteiger partial charge >= 0.3 is 5.97 Å². The lowest BCUT2D eigenvalue weighted by atomic mass is 10.0. The summed E-state index contributed by atoms with van der Waals surface area (Å²) < 4.78 is 21.2. The molecule has 0 saturated heterocycles. The van der Waals surface area contributed by atoms with Crippen LogP contribution in [0.5, 0.6) is 11.5 Å². The van der Waals surface area contributed by atoms with E-state index in [4.69, 9.17) is 30.2 Å². The molecule has 3 aromatic rings. The largest absolute Gasteiger partial charge is 0.497 e. The fourth-order valence-corrected chi connectivity index (χ4v) is 3.62. The molecule has 0 spiro atoms. The van der Waals surface area contributed by atoms with E-state index in [9.17, 15) is 9.59 Å². The normalized spacial score (nSPS) is 15.2. The van der Waals surface area contributed by atoms with Gasteiger partial charge in [-0.2, -0.15) is 5.10 Å². The molecule has 0 saturated carbocycles. The van der Waals surface area contributed by atoms with Crippen LogP contribution in [-0.2, 0) is 9.53 Å². The lowest BCUT2D eigenvalue weighted by Crippen LogP contribution is -2.31. The molecule has 1 amide bonds. The molecule has 0 bridgehead atoms. The van der Waals surface area contributed by atoms with E-state index in [2.05, 4.69) is 5.10 Å². The smallest absolute Gasteiger partial charge is 0.342 e. The van der Waals surface area contributed by atoms with E-state index < -0.39 is 24.5 Å². The Bertz CT molecular complexity index is 1170. The molecular formula is C24H21ClN2O6. The molecule has 1 aliphatic heterocycles. The highest BCUT2D eigenvalue weighted by molar-refractivity contribution is 6.30. The van der Waals surface area contributed by atoms with Crippen molar-refractivity contribution in [1.29, 1.82) is 0 Å². The Morgan fingerprint density at radius 2 is 1.91 bits per heavy atom. The van der Waals surface area contributed by atoms with Crippen LogP contribution < -0.4 is 9.47 Å². The summed E-state index contributed by atoms with van der Waals surface area (Å²) in [6.45, 7) is -0.497. The summed E-state index contributed by atoms with van der Waals surface area (Å²) in [7, 11) is 2.94. The van der Waals surface area contributed by atoms with E-state index in [1.165, 1.54) is 31.6 Å². The molecule has 170 valence electrons. The number of hydrazone groups is 1. The number of rotatable bonds is 7. The van der Waals surface area contributed by atoms with Crippen LogP contribution in [0.3, 0.4) is 0 Å². The fraction of sp³-hybridized carbons (Fsp3) is 0.208. The average molecular weight is 469 g/mol. The maximum absolute atomic E-state index is 13.0. The monoisotopic (exact) mass is 468 g/mol. The van der Waals surface area contributed by atoms with Crippen molar-refractivity contribution in [2.75, 3.05) is 20.8 Å². The summed E-state index contributed by atoms with van der Waals surface area (Å²) in [6, 6.07) is 15.0. The van der Waals surface area contributed by atoms with Crippen LogP contribution in [-0.4, -0.2) is 43.4 Å². The topological polar surface area (TPSA) is 90.6 Å². The van der Waals surface area contributed by atoms with Gasteiger partial charge < -0.3 is 18.6 Å². The molecular weight excluding hydrogens is 448 g/mol. The van der Waals surface area contributed by atoms with Crippen LogP contribution in [0.2, 0.25) is 5.02 Å². The number of nitrogens with zero attached hydrogens (tertiary/aromatic N) is 2. The predicted octanol–water partition coefficient (Wildman–Crippen LogP) is 4.48. The number of ether oxygens (including phenoxy) is 3. The minimum Gasteiger partial charge on any atom is -0.497 e. The van der Waals surface area contributed by atoms with Crippen LogP contribution in [0.4, 0.5) is 0 Å². The summed E-state index contributed by atoms with van der Waals surface area (Å²) in [6.07, 6.45) is 1.98. The van der Waals surface area contributed by atoms with E-state index in [1.807, 2.05) is 12.1 Å². The summed E-state index contributed by atoms with van der Waals surface area (Å²) in [5.41, 5.74) is 1.72. The van der Waals surface area contributed by atoms with E-state index in [0.717, 1.165) is 5.56 Å². The third kappa shape index (κ3) is 4.85. The number of carbonyl (C=O) groups excluding carboxylic acids is 2. The molecule has 0 fully saturated rings. The Morgan fingerprint density at radius 3 is 2.58 bits per heavy atom. The molecule has 8 nitrogen and oxygen atoms in total. The summed E-state index contributed by atoms with van der Waals surface area (Å²) in [5, 5.41) is 6.40. The molecule has 0 N–H and O–H groups in total. The van der Waals surface area contributed by atoms with Crippen LogP contribution in [0.15, 0.2) is 70.4 Å². The zero-order valence-corrected chi connectivity index (χ0v) is 18.7. The SMILES string of the molecule is COc1ccc(C(=O)OCC(=O)N2N=C(c3ccc(Cl)cc3)CC2c2ccco2)c(OC)c1. The number of hydrogen-bond acceptors (Lipinski definition) is 7. The summed E-state index contributed by atoms with van der Waals surface area (Å²) >= 11 is 5.98. The van der Waals surface area contributed by atoms with E-state index in [-0.39, 0.29) is 11.3 Å². The number of benzene rings is 2. The Hall–Kier alpha value is -3.78. The first-order chi connectivity index (χ1) is 16.0. The van der Waals surface area contributed by atoms with Crippen LogP contribution >= 0.6 is 11.6 Å². The second kappa shape index (κ2) is 9.79. The van der Waals surface area contributed by atoms with Gasteiger partial charge in [-0.05, 0) is 42.0 Å². The molecule has 33 heavy (non-hydrogen) atoms. The highest BCUT2D eigenvalue weighted by atomic mass is 35.5. The maximum Gasteiger partial charge on any atom is 0.342 e. The molecule has 4 rings (SSSR count). The minimum atomic E-state index is -0.696. The Morgan fingerprint density at radius 1 is 1.12 bits per heavy atom. The molecule has 2 aromatic carbocycles. The van der Waals surface area contributed by atoms with Crippen LogP contribution in [0.25, 0.3) is 0 Å². The molecule has 1 aromatic heterocycles. The van der Waals surface area contributed by atoms with E-state index in [1.54, 1.807) is 36.4 Å². The Kier molecular flexibility index (Phi) is 6.65. The zero-order chi connectivity index (χ0) is 23.4. The van der Waals surface area contributed by atoms with Gasteiger partial charge in [-0.1, -0.05) is 23.7 Å². The van der Waals surface area contributed by atoms with Gasteiger partial charge in [-0.15, -0.1) is 0 Å². The first-order valence-corrected chi connectivity index (χ1v) is 10.5. The number of hydrogen-bond donors (Lipinski definition) is 0. The van der Waals surface area contributed by atoms with Crippen molar-refractivity contribution in [2.24, 2.45) is 5.10 Å². The number of halogens is 1. The third-order valence-corrected chi connectivity index (χ3v) is 5.42. The van der Waals surface area contributed by atoms with Gasteiger partial charge in [0.05, 0.1) is 26.2 Å². The van der Waals surface area contributed by atoms with Crippen LogP contribution in [0, 0.1) is 0 Å². The Balaban J connectivity index is 1.51. The highest BCUT2D eigenvalue weighted by Crippen LogP contribution is 2.33. The lowest BCUT2D eigenvalue weighted by Gasteiger charge is -2.19. The first-order valence-electron chi connectivity index (χ1n) is 10.1. The van der Waals surface area contributed by atoms with Gasteiger partial charge in [-0.3, -0.25) is 4.79 Å². The Labute approximate surface area is 195 Å². The van der Waals surface area contributed by atoms with Crippen LogP contribution in [0.1, 0.15) is 34.1 Å². The fourth-order valence-electron chi connectivity index (χ4n) is 3.50. The second-order valence-corrected chi connectivity index (χ2v) is 7.61. The summed E-state index contributed by atoms with van der Waals surface area (Å²) in [4.78, 5) is 25.6. The molecule has 0 aliphatic carbocycles. The highest BCUT2D eigenvalue weighted by Gasteiger charge is 2.35. The van der Waals surface area contributed by atoms with Crippen molar-refractivity contribution in [3.63, 3.8) is 0 Å². The standard InChI is InChI=1S/C24H21ClN2O6/c1-30-17-9-10-18(22(12-17)31-2)24(29)33-14-23(28)27-20(21-4-3-11-32-21)13-19(26-27)15-5-7-16(25)8-6-15/h3-12,20H,13-14H2,1-2H3.